The average Bonchev–Trinajstić information content (AvgIpc) is 2.81. The zero-order chi connectivity index (χ0) is 14.7. The number of ether oxygens (including phenoxy) is 1. The maximum atomic E-state index is 5.91. The number of para-hydroxylation sites is 1. The number of rotatable bonds is 5. The number of nitrogens with zero attached hydrogens (tertiary/aromatic N) is 1. The lowest BCUT2D eigenvalue weighted by atomic mass is 10.1. The molecule has 5 heteroatoms. The number of hydrogen-bond acceptors (Lipinski definition) is 4. The third kappa shape index (κ3) is 3.16. The highest BCUT2D eigenvalue weighted by molar-refractivity contribution is 7.81. The molecule has 20 heavy (non-hydrogen) atoms. The van der Waals surface area contributed by atoms with E-state index in [1.165, 1.54) is 11.3 Å². The monoisotopic (exact) mass is 306 g/mol. The molecule has 2 N–H and O–H groups in total. The van der Waals surface area contributed by atoms with Crippen molar-refractivity contribution >= 4 is 28.5 Å². The van der Waals surface area contributed by atoms with Crippen molar-refractivity contribution in [3.05, 3.63) is 44.9 Å². The number of aryl methyl sites for hydroxylation is 3. The molecule has 0 fully saturated rings. The lowest BCUT2D eigenvalue weighted by molar-refractivity contribution is 0.301. The molecule has 0 atom stereocenters. The van der Waals surface area contributed by atoms with E-state index in [-0.39, 0.29) is 0 Å². The van der Waals surface area contributed by atoms with Crippen molar-refractivity contribution in [1.82, 2.24) is 4.98 Å². The van der Waals surface area contributed by atoms with Crippen LogP contribution < -0.4 is 10.5 Å². The molecule has 0 aliphatic carbocycles. The molecule has 0 aliphatic rings. The zero-order valence-corrected chi connectivity index (χ0v) is 13.5. The van der Waals surface area contributed by atoms with Crippen LogP contribution in [0, 0.1) is 13.8 Å². The van der Waals surface area contributed by atoms with Crippen molar-refractivity contribution in [2.75, 3.05) is 0 Å². The van der Waals surface area contributed by atoms with Crippen LogP contribution in [0.25, 0.3) is 0 Å². The van der Waals surface area contributed by atoms with Gasteiger partial charge in [0.1, 0.15) is 22.4 Å². The van der Waals surface area contributed by atoms with Crippen LogP contribution >= 0.6 is 23.6 Å². The number of nitrogens with two attached hydrogens (primary N) is 1. The van der Waals surface area contributed by atoms with Crippen molar-refractivity contribution in [3.8, 4) is 5.75 Å². The van der Waals surface area contributed by atoms with Crippen LogP contribution in [0.2, 0.25) is 0 Å². The van der Waals surface area contributed by atoms with Crippen LogP contribution in [-0.2, 0) is 13.0 Å². The van der Waals surface area contributed by atoms with E-state index < -0.39 is 0 Å². The van der Waals surface area contributed by atoms with E-state index in [0.717, 1.165) is 38.9 Å². The van der Waals surface area contributed by atoms with E-state index in [1.54, 1.807) is 0 Å². The van der Waals surface area contributed by atoms with Crippen molar-refractivity contribution in [1.29, 1.82) is 0 Å². The lowest BCUT2D eigenvalue weighted by Gasteiger charge is -2.10. The summed E-state index contributed by atoms with van der Waals surface area (Å²) >= 11 is 6.58. The van der Waals surface area contributed by atoms with Crippen molar-refractivity contribution in [2.24, 2.45) is 5.73 Å². The largest absolute Gasteiger partial charge is 0.486 e. The predicted octanol–water partition coefficient (Wildman–Crippen LogP) is 3.54. The van der Waals surface area contributed by atoms with Gasteiger partial charge in [0.15, 0.2) is 0 Å². The van der Waals surface area contributed by atoms with E-state index in [1.807, 2.05) is 39.0 Å². The van der Waals surface area contributed by atoms with Gasteiger partial charge in [-0.25, -0.2) is 4.98 Å². The Morgan fingerprint density at radius 2 is 2.00 bits per heavy atom. The Kier molecular flexibility index (Phi) is 4.73. The molecule has 0 radical (unpaired) electrons. The van der Waals surface area contributed by atoms with Gasteiger partial charge in [-0.3, -0.25) is 0 Å². The summed E-state index contributed by atoms with van der Waals surface area (Å²) < 4.78 is 5.91. The van der Waals surface area contributed by atoms with Crippen LogP contribution in [-0.4, -0.2) is 9.97 Å². The molecule has 0 aliphatic heterocycles. The number of aromatic nitrogens is 1. The summed E-state index contributed by atoms with van der Waals surface area (Å²) in [5.41, 5.74) is 8.94. The van der Waals surface area contributed by atoms with E-state index >= 15 is 0 Å². The SMILES string of the molecule is CCc1nc(COc2c(C)cccc2C)sc1C(N)=S. The molecule has 2 rings (SSSR count). The van der Waals surface area contributed by atoms with Crippen molar-refractivity contribution < 1.29 is 4.74 Å². The molecular weight excluding hydrogens is 288 g/mol. The normalized spacial score (nSPS) is 10.6. The molecule has 1 aromatic heterocycles. The first-order valence-electron chi connectivity index (χ1n) is 6.50. The van der Waals surface area contributed by atoms with Gasteiger partial charge < -0.3 is 10.5 Å². The molecule has 0 saturated carbocycles. The number of thiazole rings is 1. The maximum Gasteiger partial charge on any atom is 0.140 e. The quantitative estimate of drug-likeness (QED) is 0.858. The van der Waals surface area contributed by atoms with Crippen LogP contribution in [0.3, 0.4) is 0 Å². The van der Waals surface area contributed by atoms with Gasteiger partial charge >= 0.3 is 0 Å². The zero-order valence-electron chi connectivity index (χ0n) is 11.9. The van der Waals surface area contributed by atoms with Crippen LogP contribution in [0.15, 0.2) is 18.2 Å². The molecule has 0 unspecified atom stereocenters. The Morgan fingerprint density at radius 3 is 2.50 bits per heavy atom. The summed E-state index contributed by atoms with van der Waals surface area (Å²) in [6.45, 7) is 6.59. The molecule has 1 heterocycles. The summed E-state index contributed by atoms with van der Waals surface area (Å²) in [6, 6.07) is 6.12. The third-order valence-corrected chi connectivity index (χ3v) is 4.49. The van der Waals surface area contributed by atoms with Gasteiger partial charge in [0, 0.05) is 0 Å². The second-order valence-electron chi connectivity index (χ2n) is 4.61. The minimum absolute atomic E-state index is 0.415. The predicted molar refractivity (Wildman–Crippen MR) is 87.6 cm³/mol. The van der Waals surface area contributed by atoms with Crippen LogP contribution in [0.4, 0.5) is 0 Å². The van der Waals surface area contributed by atoms with Gasteiger partial charge in [-0.1, -0.05) is 37.3 Å². The van der Waals surface area contributed by atoms with E-state index in [4.69, 9.17) is 22.7 Å². The fourth-order valence-electron chi connectivity index (χ4n) is 2.06. The Balaban J connectivity index is 2.17. The summed E-state index contributed by atoms with van der Waals surface area (Å²) in [7, 11) is 0. The van der Waals surface area contributed by atoms with Gasteiger partial charge in [-0.15, -0.1) is 11.3 Å². The van der Waals surface area contributed by atoms with Crippen molar-refractivity contribution in [3.63, 3.8) is 0 Å². The lowest BCUT2D eigenvalue weighted by Crippen LogP contribution is -2.09. The van der Waals surface area contributed by atoms with Gasteiger partial charge in [0.25, 0.3) is 0 Å². The van der Waals surface area contributed by atoms with Crippen LogP contribution in [0.5, 0.6) is 5.75 Å². The van der Waals surface area contributed by atoms with E-state index in [2.05, 4.69) is 4.98 Å². The Morgan fingerprint density at radius 1 is 1.35 bits per heavy atom. The highest BCUT2D eigenvalue weighted by atomic mass is 32.1. The molecule has 0 amide bonds. The van der Waals surface area contributed by atoms with Gasteiger partial charge in [-0.2, -0.15) is 0 Å². The molecule has 106 valence electrons. The van der Waals surface area contributed by atoms with Gasteiger partial charge in [0.05, 0.1) is 10.6 Å². The third-order valence-electron chi connectivity index (χ3n) is 3.05. The molecule has 0 spiro atoms. The average molecular weight is 306 g/mol. The van der Waals surface area contributed by atoms with E-state index in [0.29, 0.717) is 11.6 Å². The first kappa shape index (κ1) is 14.9. The molecule has 3 nitrogen and oxygen atoms in total. The summed E-state index contributed by atoms with van der Waals surface area (Å²) in [4.78, 5) is 5.87. The molecular formula is C15H18N2OS2. The summed E-state index contributed by atoms with van der Waals surface area (Å²) in [5.74, 6) is 0.928. The minimum Gasteiger partial charge on any atom is -0.486 e. The molecule has 0 bridgehead atoms. The molecule has 2 aromatic rings. The highest BCUT2D eigenvalue weighted by Crippen LogP contribution is 2.25. The fourth-order valence-corrected chi connectivity index (χ4v) is 3.22. The minimum atomic E-state index is 0.415. The van der Waals surface area contributed by atoms with Gasteiger partial charge in [0.2, 0.25) is 0 Å². The first-order valence-corrected chi connectivity index (χ1v) is 7.72. The van der Waals surface area contributed by atoms with E-state index in [9.17, 15) is 0 Å². The summed E-state index contributed by atoms with van der Waals surface area (Å²) in [5, 5.41) is 0.910. The van der Waals surface area contributed by atoms with Gasteiger partial charge in [-0.05, 0) is 31.4 Å². The Labute approximate surface area is 128 Å². The Hall–Kier alpha value is -1.46. The topological polar surface area (TPSA) is 48.1 Å². The second-order valence-corrected chi connectivity index (χ2v) is 6.13. The number of hydrogen-bond donors (Lipinski definition) is 1. The molecule has 0 saturated heterocycles. The first-order chi connectivity index (χ1) is 9.52. The fraction of sp³-hybridized carbons (Fsp3) is 0.333. The summed E-state index contributed by atoms with van der Waals surface area (Å²) in [6.07, 6.45) is 0.826. The second kappa shape index (κ2) is 6.33. The maximum absolute atomic E-state index is 5.91. The van der Waals surface area contributed by atoms with Crippen molar-refractivity contribution in [2.45, 2.75) is 33.8 Å². The molecule has 1 aromatic carbocycles. The Bertz CT molecular complexity index is 615. The smallest absolute Gasteiger partial charge is 0.140 e. The highest BCUT2D eigenvalue weighted by Gasteiger charge is 2.13. The standard InChI is InChI=1S/C15H18N2OS2/c1-4-11-14(15(16)19)20-12(17-11)8-18-13-9(2)6-5-7-10(13)3/h5-7H,4,8H2,1-3H3,(H2,16,19). The van der Waals surface area contributed by atoms with Crippen LogP contribution in [0.1, 0.15) is 33.6 Å². The number of benzene rings is 1. The number of thiocarbonyl (C=S) groups is 1.